The number of carbonyl (C=O) groups excluding carboxylic acids is 2. The number of para-hydroxylation sites is 1. The summed E-state index contributed by atoms with van der Waals surface area (Å²) in [5, 5.41) is 12.4. The van der Waals surface area contributed by atoms with E-state index in [2.05, 4.69) is 10.4 Å². The minimum atomic E-state index is -0.671. The van der Waals surface area contributed by atoms with Crippen LogP contribution in [0.5, 0.6) is 0 Å². The number of hydrazine groups is 1. The number of hydrogen-bond donors (Lipinski definition) is 2. The monoisotopic (exact) mass is 452 g/mol. The average Bonchev–Trinajstić information content (AvgIpc) is 3.00. The second kappa shape index (κ2) is 8.13. The lowest BCUT2D eigenvalue weighted by molar-refractivity contribution is -0.384. The van der Waals surface area contributed by atoms with Crippen molar-refractivity contribution in [2.45, 2.75) is 0 Å². The summed E-state index contributed by atoms with van der Waals surface area (Å²) in [6.07, 6.45) is 1.46. The first-order valence-electron chi connectivity index (χ1n) is 8.79. The zero-order valence-corrected chi connectivity index (χ0v) is 17.2. The lowest BCUT2D eigenvalue weighted by Crippen LogP contribution is -2.45. The lowest BCUT2D eigenvalue weighted by Gasteiger charge is -2.16. The zero-order chi connectivity index (χ0) is 22.1. The highest BCUT2D eigenvalue weighted by Gasteiger charge is 2.34. The lowest BCUT2D eigenvalue weighted by atomic mass is 10.1. The standard InChI is InChI=1S/C20H12N4O5S2/c25-17-10-14(13-6-1-2-7-15(13)21-17)18(26)22-23-19(27)16(31-20(23)30)9-11-4-3-5-12(8-11)24(28)29/h1-10H,(H,21,25)(H,22,26)/b16-9+. The highest BCUT2D eigenvalue weighted by atomic mass is 32.2. The van der Waals surface area contributed by atoms with Crippen LogP contribution in [-0.4, -0.2) is 31.1 Å². The van der Waals surface area contributed by atoms with Crippen molar-refractivity contribution in [1.29, 1.82) is 0 Å². The van der Waals surface area contributed by atoms with Crippen molar-refractivity contribution in [2.24, 2.45) is 0 Å². The molecule has 4 rings (SSSR count). The maximum absolute atomic E-state index is 12.8. The predicted molar refractivity (Wildman–Crippen MR) is 120 cm³/mol. The number of nitro benzene ring substituents is 1. The highest BCUT2D eigenvalue weighted by Crippen LogP contribution is 2.32. The number of amides is 2. The van der Waals surface area contributed by atoms with Crippen molar-refractivity contribution in [2.75, 3.05) is 0 Å². The maximum Gasteiger partial charge on any atom is 0.285 e. The molecule has 0 radical (unpaired) electrons. The molecular weight excluding hydrogens is 440 g/mol. The topological polar surface area (TPSA) is 125 Å². The molecule has 2 amide bonds. The Labute approximate surface area is 183 Å². The van der Waals surface area contributed by atoms with Crippen LogP contribution in [0.1, 0.15) is 15.9 Å². The van der Waals surface area contributed by atoms with Crippen LogP contribution in [-0.2, 0) is 4.79 Å². The van der Waals surface area contributed by atoms with E-state index in [1.165, 1.54) is 24.3 Å². The number of rotatable bonds is 4. The summed E-state index contributed by atoms with van der Waals surface area (Å²) in [4.78, 5) is 50.7. The van der Waals surface area contributed by atoms with Gasteiger partial charge in [0, 0.05) is 29.1 Å². The molecule has 1 saturated heterocycles. The number of aromatic nitrogens is 1. The third kappa shape index (κ3) is 4.09. The van der Waals surface area contributed by atoms with Crippen LogP contribution in [0, 0.1) is 10.1 Å². The first kappa shape index (κ1) is 20.4. The Kier molecular flexibility index (Phi) is 5.36. The minimum absolute atomic E-state index is 0.0872. The Bertz CT molecular complexity index is 1360. The molecular formula is C20H12N4O5S2. The molecule has 0 unspecified atom stereocenters. The van der Waals surface area contributed by atoms with Gasteiger partial charge in [0.1, 0.15) is 0 Å². The molecule has 0 spiro atoms. The quantitative estimate of drug-likeness (QED) is 0.270. The van der Waals surface area contributed by atoms with Gasteiger partial charge in [-0.3, -0.25) is 29.9 Å². The molecule has 3 aromatic rings. The summed E-state index contributed by atoms with van der Waals surface area (Å²) in [5.41, 5.74) is 2.89. The number of thiocarbonyl (C=S) groups is 1. The molecule has 0 bridgehead atoms. The zero-order valence-electron chi connectivity index (χ0n) is 15.5. The summed E-state index contributed by atoms with van der Waals surface area (Å²) in [6.45, 7) is 0. The molecule has 0 saturated carbocycles. The molecule has 1 aliphatic heterocycles. The van der Waals surface area contributed by atoms with E-state index in [0.717, 1.165) is 22.8 Å². The molecule has 2 aromatic carbocycles. The molecule has 1 aromatic heterocycles. The maximum atomic E-state index is 12.8. The van der Waals surface area contributed by atoms with E-state index in [-0.39, 0.29) is 20.5 Å². The normalized spacial score (nSPS) is 15.0. The van der Waals surface area contributed by atoms with Gasteiger partial charge in [-0.05, 0) is 29.9 Å². The number of aromatic amines is 1. The van der Waals surface area contributed by atoms with Gasteiger partial charge in [-0.25, -0.2) is 0 Å². The molecule has 154 valence electrons. The number of non-ortho nitro benzene ring substituents is 1. The number of nitrogens with zero attached hydrogens (tertiary/aromatic N) is 2. The highest BCUT2D eigenvalue weighted by molar-refractivity contribution is 8.26. The first-order chi connectivity index (χ1) is 14.8. The molecule has 0 atom stereocenters. The molecule has 9 nitrogen and oxygen atoms in total. The second-order valence-electron chi connectivity index (χ2n) is 6.40. The van der Waals surface area contributed by atoms with E-state index in [4.69, 9.17) is 12.2 Å². The fraction of sp³-hybridized carbons (Fsp3) is 0. The van der Waals surface area contributed by atoms with Crippen molar-refractivity contribution in [3.63, 3.8) is 0 Å². The Balaban J connectivity index is 1.61. The van der Waals surface area contributed by atoms with Crippen LogP contribution in [0.2, 0.25) is 0 Å². The molecule has 11 heteroatoms. The molecule has 1 fully saturated rings. The third-order valence-electron chi connectivity index (χ3n) is 4.38. The predicted octanol–water partition coefficient (Wildman–Crippen LogP) is 2.98. The third-order valence-corrected chi connectivity index (χ3v) is 5.68. The molecule has 2 N–H and O–H groups in total. The van der Waals surface area contributed by atoms with E-state index in [1.807, 2.05) is 0 Å². The van der Waals surface area contributed by atoms with Gasteiger partial charge in [-0.1, -0.05) is 42.1 Å². The van der Waals surface area contributed by atoms with Crippen molar-refractivity contribution in [3.8, 4) is 0 Å². The number of thioether (sulfide) groups is 1. The number of H-pyrrole nitrogens is 1. The van der Waals surface area contributed by atoms with Gasteiger partial charge < -0.3 is 4.98 Å². The van der Waals surface area contributed by atoms with Crippen LogP contribution in [0.15, 0.2) is 64.3 Å². The summed E-state index contributed by atoms with van der Waals surface area (Å²) in [5.74, 6) is -1.25. The fourth-order valence-corrected chi connectivity index (χ4v) is 4.18. The molecule has 2 heterocycles. The molecule has 1 aliphatic rings. The van der Waals surface area contributed by atoms with Crippen molar-refractivity contribution < 1.29 is 14.5 Å². The van der Waals surface area contributed by atoms with E-state index >= 15 is 0 Å². The number of nitrogens with one attached hydrogen (secondary N) is 2. The van der Waals surface area contributed by atoms with Crippen molar-refractivity contribution >= 4 is 62.8 Å². The number of carbonyl (C=O) groups is 2. The smallest absolute Gasteiger partial charge is 0.285 e. The number of benzene rings is 2. The number of hydrogen-bond acceptors (Lipinski definition) is 7. The van der Waals surface area contributed by atoms with Crippen molar-refractivity contribution in [1.82, 2.24) is 15.4 Å². The first-order valence-corrected chi connectivity index (χ1v) is 10.0. The van der Waals surface area contributed by atoms with Gasteiger partial charge >= 0.3 is 0 Å². The summed E-state index contributed by atoms with van der Waals surface area (Å²) < 4.78 is 0.0872. The van der Waals surface area contributed by atoms with Crippen LogP contribution >= 0.6 is 24.0 Å². The second-order valence-corrected chi connectivity index (χ2v) is 8.08. The SMILES string of the molecule is O=C(NN1C(=O)/C(=C\c2cccc([N+](=O)[O-])c2)SC1=S)c1cc(=O)[nH]c2ccccc12. The van der Waals surface area contributed by atoms with E-state index in [9.17, 15) is 24.5 Å². The Hall–Kier alpha value is -3.83. The molecule has 0 aliphatic carbocycles. The van der Waals surface area contributed by atoms with Crippen molar-refractivity contribution in [3.05, 3.63) is 91.1 Å². The number of nitro groups is 1. The van der Waals surface area contributed by atoms with Crippen LogP contribution in [0.4, 0.5) is 5.69 Å². The fourth-order valence-electron chi connectivity index (χ4n) is 3.00. The van der Waals surface area contributed by atoms with Crippen LogP contribution < -0.4 is 11.0 Å². The van der Waals surface area contributed by atoms with E-state index < -0.39 is 22.3 Å². The van der Waals surface area contributed by atoms with E-state index in [1.54, 1.807) is 30.3 Å². The van der Waals surface area contributed by atoms with E-state index in [0.29, 0.717) is 16.5 Å². The average molecular weight is 452 g/mol. The Morgan fingerprint density at radius 3 is 2.71 bits per heavy atom. The summed E-state index contributed by atoms with van der Waals surface area (Å²) in [7, 11) is 0. The Morgan fingerprint density at radius 1 is 1.16 bits per heavy atom. The summed E-state index contributed by atoms with van der Waals surface area (Å²) >= 11 is 6.16. The van der Waals surface area contributed by atoms with Gasteiger partial charge in [-0.15, -0.1) is 0 Å². The number of pyridine rings is 1. The van der Waals surface area contributed by atoms with Gasteiger partial charge in [0.05, 0.1) is 15.4 Å². The molecule has 31 heavy (non-hydrogen) atoms. The summed E-state index contributed by atoms with van der Waals surface area (Å²) in [6, 6.07) is 13.7. The van der Waals surface area contributed by atoms with Gasteiger partial charge in [0.2, 0.25) is 5.56 Å². The Morgan fingerprint density at radius 2 is 1.94 bits per heavy atom. The van der Waals surface area contributed by atoms with Crippen LogP contribution in [0.25, 0.3) is 17.0 Å². The minimum Gasteiger partial charge on any atom is -0.322 e. The van der Waals surface area contributed by atoms with Gasteiger partial charge in [0.25, 0.3) is 17.5 Å². The number of fused-ring (bicyclic) bond motifs is 1. The van der Waals surface area contributed by atoms with Crippen LogP contribution in [0.3, 0.4) is 0 Å². The largest absolute Gasteiger partial charge is 0.322 e. The van der Waals surface area contributed by atoms with Gasteiger partial charge in [0.15, 0.2) is 4.32 Å². The van der Waals surface area contributed by atoms with Gasteiger partial charge in [-0.2, -0.15) is 5.01 Å².